The van der Waals surface area contributed by atoms with E-state index in [0.29, 0.717) is 0 Å². The molecule has 13 heavy (non-hydrogen) atoms. The molecule has 2 saturated carbocycles. The first-order chi connectivity index (χ1) is 6.11. The third kappa shape index (κ3) is 2.07. The molecule has 2 aliphatic carbocycles. The molecule has 1 heteroatoms. The Morgan fingerprint density at radius 2 is 1.69 bits per heavy atom. The fraction of sp³-hybridized carbons (Fsp3) is 1.00. The average Bonchev–Trinajstić information content (AvgIpc) is 2.72. The molecule has 0 aliphatic heterocycles. The van der Waals surface area contributed by atoms with Crippen molar-refractivity contribution in [1.29, 1.82) is 0 Å². The summed E-state index contributed by atoms with van der Waals surface area (Å²) in [7, 11) is 0. The molecule has 0 amide bonds. The molecule has 2 fully saturated rings. The zero-order valence-corrected chi connectivity index (χ0v) is 9.05. The maximum absolute atomic E-state index is 6.12. The maximum Gasteiger partial charge on any atom is 0.0155 e. The van der Waals surface area contributed by atoms with E-state index in [4.69, 9.17) is 5.73 Å². The van der Waals surface area contributed by atoms with E-state index in [1.807, 2.05) is 0 Å². The molecule has 0 aromatic carbocycles. The van der Waals surface area contributed by atoms with E-state index in [9.17, 15) is 0 Å². The lowest BCUT2D eigenvalue weighted by Crippen LogP contribution is -2.24. The van der Waals surface area contributed by atoms with Crippen molar-refractivity contribution in [2.45, 2.75) is 57.9 Å². The average molecular weight is 181 g/mol. The molecule has 2 rings (SSSR count). The largest absolute Gasteiger partial charge is 0.325 e. The van der Waals surface area contributed by atoms with Gasteiger partial charge in [-0.1, -0.05) is 26.7 Å². The van der Waals surface area contributed by atoms with Crippen LogP contribution in [-0.4, -0.2) is 5.54 Å². The molecule has 0 saturated heterocycles. The van der Waals surface area contributed by atoms with Gasteiger partial charge in [0.1, 0.15) is 0 Å². The summed E-state index contributed by atoms with van der Waals surface area (Å²) in [4.78, 5) is 0. The summed E-state index contributed by atoms with van der Waals surface area (Å²) in [6.45, 7) is 4.84. The summed E-state index contributed by atoms with van der Waals surface area (Å²) in [6, 6.07) is 0. The molecule has 2 aliphatic rings. The highest BCUT2D eigenvalue weighted by molar-refractivity contribution is 4.99. The lowest BCUT2D eigenvalue weighted by atomic mass is 9.86. The van der Waals surface area contributed by atoms with Gasteiger partial charge in [0.25, 0.3) is 0 Å². The predicted octanol–water partition coefficient (Wildman–Crippen LogP) is 2.94. The van der Waals surface area contributed by atoms with Gasteiger partial charge in [-0.2, -0.15) is 0 Å². The van der Waals surface area contributed by atoms with Crippen molar-refractivity contribution in [3.05, 3.63) is 0 Å². The van der Waals surface area contributed by atoms with Gasteiger partial charge in [-0.05, 0) is 43.4 Å². The van der Waals surface area contributed by atoms with Gasteiger partial charge >= 0.3 is 0 Å². The second-order valence-corrected chi connectivity index (χ2v) is 5.60. The van der Waals surface area contributed by atoms with E-state index in [2.05, 4.69) is 13.8 Å². The molecule has 0 aromatic heterocycles. The Labute approximate surface area is 82.1 Å². The molecule has 2 atom stereocenters. The Hall–Kier alpha value is -0.0400. The van der Waals surface area contributed by atoms with Crippen molar-refractivity contribution in [3.8, 4) is 0 Å². The Kier molecular flexibility index (Phi) is 2.39. The molecular formula is C12H23N. The first-order valence-electron chi connectivity index (χ1n) is 5.90. The zero-order valence-electron chi connectivity index (χ0n) is 9.05. The molecular weight excluding hydrogens is 158 g/mol. The zero-order chi connectivity index (χ0) is 9.47. The second kappa shape index (κ2) is 3.27. The van der Waals surface area contributed by atoms with E-state index in [1.54, 1.807) is 0 Å². The van der Waals surface area contributed by atoms with Gasteiger partial charge in [0.2, 0.25) is 0 Å². The molecule has 2 unspecified atom stereocenters. The van der Waals surface area contributed by atoms with Crippen molar-refractivity contribution in [1.82, 2.24) is 0 Å². The Morgan fingerprint density at radius 3 is 2.15 bits per heavy atom. The van der Waals surface area contributed by atoms with Crippen LogP contribution in [0.5, 0.6) is 0 Å². The van der Waals surface area contributed by atoms with Gasteiger partial charge in [0.05, 0.1) is 0 Å². The van der Waals surface area contributed by atoms with E-state index in [-0.39, 0.29) is 5.54 Å². The van der Waals surface area contributed by atoms with Crippen LogP contribution < -0.4 is 5.73 Å². The van der Waals surface area contributed by atoms with Gasteiger partial charge in [-0.3, -0.25) is 0 Å². The van der Waals surface area contributed by atoms with Crippen molar-refractivity contribution in [3.63, 3.8) is 0 Å². The third-order valence-corrected chi connectivity index (χ3v) is 4.41. The van der Waals surface area contributed by atoms with Crippen LogP contribution in [0.1, 0.15) is 52.4 Å². The number of rotatable bonds is 3. The van der Waals surface area contributed by atoms with Crippen molar-refractivity contribution in [2.24, 2.45) is 23.5 Å². The van der Waals surface area contributed by atoms with Gasteiger partial charge < -0.3 is 5.73 Å². The normalized spacial score (nSPS) is 42.2. The molecule has 0 bridgehead atoms. The van der Waals surface area contributed by atoms with Gasteiger partial charge in [-0.25, -0.2) is 0 Å². The predicted molar refractivity (Wildman–Crippen MR) is 56.4 cm³/mol. The smallest absolute Gasteiger partial charge is 0.0155 e. The number of nitrogens with two attached hydrogens (primary N) is 1. The van der Waals surface area contributed by atoms with E-state index in [0.717, 1.165) is 17.8 Å². The summed E-state index contributed by atoms with van der Waals surface area (Å²) in [5, 5.41) is 0. The van der Waals surface area contributed by atoms with Crippen molar-refractivity contribution < 1.29 is 0 Å². The third-order valence-electron chi connectivity index (χ3n) is 4.41. The molecule has 76 valence electrons. The molecule has 1 nitrogen and oxygen atoms in total. The molecule has 2 N–H and O–H groups in total. The van der Waals surface area contributed by atoms with Crippen LogP contribution in [0.3, 0.4) is 0 Å². The lowest BCUT2D eigenvalue weighted by molar-refractivity contribution is 0.303. The first-order valence-corrected chi connectivity index (χ1v) is 5.90. The SMILES string of the molecule is CC1CCC(C)C1CCC1(N)CC1. The summed E-state index contributed by atoms with van der Waals surface area (Å²) < 4.78 is 0. The van der Waals surface area contributed by atoms with Crippen LogP contribution in [0.15, 0.2) is 0 Å². The van der Waals surface area contributed by atoms with Crippen LogP contribution in [0.2, 0.25) is 0 Å². The Morgan fingerprint density at radius 1 is 1.15 bits per heavy atom. The molecule has 0 spiro atoms. The minimum atomic E-state index is 0.280. The maximum atomic E-state index is 6.12. The standard InChI is InChI=1S/C12H23N/c1-9-3-4-10(2)11(9)5-6-12(13)7-8-12/h9-11H,3-8,13H2,1-2H3. The van der Waals surface area contributed by atoms with Gasteiger partial charge in [0, 0.05) is 5.54 Å². The van der Waals surface area contributed by atoms with Crippen LogP contribution in [0, 0.1) is 17.8 Å². The van der Waals surface area contributed by atoms with Gasteiger partial charge in [-0.15, -0.1) is 0 Å². The van der Waals surface area contributed by atoms with Crippen LogP contribution in [0.4, 0.5) is 0 Å². The molecule has 0 heterocycles. The highest BCUT2D eigenvalue weighted by Gasteiger charge is 2.39. The Bertz CT molecular complexity index is 174. The minimum absolute atomic E-state index is 0.280. The van der Waals surface area contributed by atoms with Crippen LogP contribution in [-0.2, 0) is 0 Å². The first kappa shape index (κ1) is 9.51. The lowest BCUT2D eigenvalue weighted by Gasteiger charge is -2.21. The molecule has 0 radical (unpaired) electrons. The van der Waals surface area contributed by atoms with E-state index in [1.165, 1.54) is 38.5 Å². The molecule has 0 aromatic rings. The summed E-state index contributed by atoms with van der Waals surface area (Å²) in [6.07, 6.45) is 8.13. The van der Waals surface area contributed by atoms with E-state index >= 15 is 0 Å². The second-order valence-electron chi connectivity index (χ2n) is 5.60. The van der Waals surface area contributed by atoms with Crippen LogP contribution in [0.25, 0.3) is 0 Å². The topological polar surface area (TPSA) is 26.0 Å². The number of hydrogen-bond donors (Lipinski definition) is 1. The number of hydrogen-bond acceptors (Lipinski definition) is 1. The fourth-order valence-corrected chi connectivity index (χ4v) is 2.95. The summed E-state index contributed by atoms with van der Waals surface area (Å²) in [5.74, 6) is 2.88. The summed E-state index contributed by atoms with van der Waals surface area (Å²) >= 11 is 0. The van der Waals surface area contributed by atoms with Gasteiger partial charge in [0.15, 0.2) is 0 Å². The van der Waals surface area contributed by atoms with Crippen molar-refractivity contribution >= 4 is 0 Å². The highest BCUT2D eigenvalue weighted by Crippen LogP contribution is 2.44. The fourth-order valence-electron chi connectivity index (χ4n) is 2.95. The van der Waals surface area contributed by atoms with Crippen LogP contribution >= 0.6 is 0 Å². The highest BCUT2D eigenvalue weighted by atomic mass is 14.8. The quantitative estimate of drug-likeness (QED) is 0.711. The summed E-state index contributed by atoms with van der Waals surface area (Å²) in [5.41, 5.74) is 6.40. The minimum Gasteiger partial charge on any atom is -0.325 e. The van der Waals surface area contributed by atoms with E-state index < -0.39 is 0 Å². The Balaban J connectivity index is 1.79. The van der Waals surface area contributed by atoms with Crippen molar-refractivity contribution in [2.75, 3.05) is 0 Å². The monoisotopic (exact) mass is 181 g/mol.